The maximum atomic E-state index is 13.5. The van der Waals surface area contributed by atoms with E-state index in [-0.39, 0.29) is 5.69 Å². The zero-order chi connectivity index (χ0) is 21.2. The largest absolute Gasteiger partial charge is 0.456 e. The average Bonchev–Trinajstić information content (AvgIpc) is 2.50. The van der Waals surface area contributed by atoms with E-state index in [0.717, 1.165) is 6.08 Å². The summed E-state index contributed by atoms with van der Waals surface area (Å²) in [7, 11) is 0. The van der Waals surface area contributed by atoms with Gasteiger partial charge in [-0.25, -0.2) is 18.0 Å². The Morgan fingerprint density at radius 1 is 1.00 bits per heavy atom. The summed E-state index contributed by atoms with van der Waals surface area (Å²) >= 11 is 10.9. The topological polar surface area (TPSA) is 47.9 Å². The van der Waals surface area contributed by atoms with Crippen LogP contribution in [-0.2, 0) is 9.53 Å². The van der Waals surface area contributed by atoms with E-state index < -0.39 is 46.7 Å². The molecule has 0 heterocycles. The molecule has 0 amide bonds. The van der Waals surface area contributed by atoms with Crippen LogP contribution in [0.3, 0.4) is 0 Å². The lowest BCUT2D eigenvalue weighted by atomic mass is 10.3. The molecule has 152 valence electrons. The molecule has 0 aliphatic heterocycles. The van der Waals surface area contributed by atoms with E-state index in [2.05, 4.69) is 14.5 Å². The summed E-state index contributed by atoms with van der Waals surface area (Å²) < 4.78 is 121. The van der Waals surface area contributed by atoms with Gasteiger partial charge in [0.1, 0.15) is 0 Å². The second kappa shape index (κ2) is 8.13. The van der Waals surface area contributed by atoms with Gasteiger partial charge in [-0.3, -0.25) is 4.74 Å². The Balaban J connectivity index is 3.09. The molecule has 0 aliphatic carbocycles. The molecule has 0 spiro atoms. The van der Waals surface area contributed by atoms with Crippen LogP contribution in [0.4, 0.5) is 45.2 Å². The van der Waals surface area contributed by atoms with Crippen LogP contribution in [0.2, 0.25) is 10.0 Å². The molecule has 0 radical (unpaired) electrons. The van der Waals surface area contributed by atoms with Crippen molar-refractivity contribution in [1.82, 2.24) is 0 Å². The summed E-state index contributed by atoms with van der Waals surface area (Å²) in [6.07, 6.45) is -20.4. The molecule has 0 aliphatic rings. The van der Waals surface area contributed by atoms with Gasteiger partial charge in [-0.1, -0.05) is 23.2 Å². The molecule has 15 heteroatoms. The minimum Gasteiger partial charge on any atom is -0.425 e. The van der Waals surface area contributed by atoms with Crippen molar-refractivity contribution in [2.45, 2.75) is 30.9 Å². The number of halogens is 11. The third-order valence-corrected chi connectivity index (χ3v) is 3.14. The van der Waals surface area contributed by atoms with Crippen LogP contribution in [0.15, 0.2) is 17.1 Å². The summed E-state index contributed by atoms with van der Waals surface area (Å²) in [6.45, 7) is 0. The van der Waals surface area contributed by atoms with E-state index in [9.17, 15) is 44.3 Å². The molecule has 0 N–H and O–H groups in total. The number of hydrogen-bond donors (Lipinski definition) is 0. The van der Waals surface area contributed by atoms with Crippen LogP contribution in [0.5, 0.6) is 5.75 Å². The Kier molecular flexibility index (Phi) is 7.03. The summed E-state index contributed by atoms with van der Waals surface area (Å²) in [5.41, 5.74) is -0.313. The zero-order valence-corrected chi connectivity index (χ0v) is 13.7. The van der Waals surface area contributed by atoms with Crippen LogP contribution < -0.4 is 4.74 Å². The first-order valence-electron chi connectivity index (χ1n) is 6.15. The second-order valence-electron chi connectivity index (χ2n) is 4.48. The van der Waals surface area contributed by atoms with Gasteiger partial charge in [0.15, 0.2) is 5.75 Å². The Bertz CT molecular complexity index is 718. The van der Waals surface area contributed by atoms with E-state index in [4.69, 9.17) is 23.2 Å². The van der Waals surface area contributed by atoms with Crippen LogP contribution in [0, 0.1) is 0 Å². The number of isocyanates is 1. The van der Waals surface area contributed by atoms with Crippen LogP contribution in [0.25, 0.3) is 0 Å². The number of nitrogens with zero attached hydrogens (tertiary/aromatic N) is 1. The molecule has 4 nitrogen and oxygen atoms in total. The molecular weight excluding hydrogens is 448 g/mol. The van der Waals surface area contributed by atoms with Crippen molar-refractivity contribution < 1.29 is 53.8 Å². The minimum absolute atomic E-state index is 0.313. The quantitative estimate of drug-likeness (QED) is 0.287. The van der Waals surface area contributed by atoms with Gasteiger partial charge in [0.05, 0.1) is 15.7 Å². The average molecular weight is 452 g/mol. The summed E-state index contributed by atoms with van der Waals surface area (Å²) in [5, 5.41) is -1.65. The smallest absolute Gasteiger partial charge is 0.425 e. The van der Waals surface area contributed by atoms with Crippen molar-refractivity contribution in [3.05, 3.63) is 22.2 Å². The second-order valence-corrected chi connectivity index (χ2v) is 5.29. The molecule has 1 rings (SSSR count). The molecule has 0 bridgehead atoms. The Labute approximate surface area is 153 Å². The van der Waals surface area contributed by atoms with Crippen molar-refractivity contribution in [3.8, 4) is 5.75 Å². The Hall–Kier alpha value is -1.69. The van der Waals surface area contributed by atoms with Gasteiger partial charge in [0.25, 0.3) is 0 Å². The van der Waals surface area contributed by atoms with Crippen LogP contribution in [0.1, 0.15) is 0 Å². The van der Waals surface area contributed by atoms with Crippen LogP contribution in [-0.4, -0.2) is 37.0 Å². The van der Waals surface area contributed by atoms with E-state index in [0.29, 0.717) is 12.1 Å². The first-order chi connectivity index (χ1) is 12.2. The van der Waals surface area contributed by atoms with Gasteiger partial charge >= 0.3 is 30.9 Å². The molecular formula is C12H4Cl2F9NO3. The van der Waals surface area contributed by atoms with Crippen molar-refractivity contribution in [2.24, 2.45) is 4.99 Å². The molecule has 0 saturated carbocycles. The Morgan fingerprint density at radius 3 is 1.89 bits per heavy atom. The van der Waals surface area contributed by atoms with Crippen molar-refractivity contribution in [3.63, 3.8) is 0 Å². The van der Waals surface area contributed by atoms with Gasteiger partial charge in [-0.05, 0) is 12.1 Å². The molecule has 27 heavy (non-hydrogen) atoms. The third-order valence-electron chi connectivity index (χ3n) is 2.57. The minimum atomic E-state index is -6.32. The Morgan fingerprint density at radius 2 is 1.48 bits per heavy atom. The predicted octanol–water partition coefficient (Wildman–Crippen LogP) is 5.74. The van der Waals surface area contributed by atoms with E-state index >= 15 is 0 Å². The number of alkyl halides is 9. The molecule has 0 fully saturated rings. The van der Waals surface area contributed by atoms with Gasteiger partial charge in [0, 0.05) is 0 Å². The van der Waals surface area contributed by atoms with E-state index in [1.54, 1.807) is 0 Å². The molecule has 1 unspecified atom stereocenters. The molecule has 0 saturated heterocycles. The van der Waals surface area contributed by atoms with Gasteiger partial charge in [0.2, 0.25) is 6.08 Å². The lowest BCUT2D eigenvalue weighted by Gasteiger charge is -2.29. The van der Waals surface area contributed by atoms with Gasteiger partial charge in [-0.2, -0.15) is 31.3 Å². The zero-order valence-electron chi connectivity index (χ0n) is 12.1. The molecule has 1 aromatic rings. The highest BCUT2D eigenvalue weighted by molar-refractivity contribution is 6.37. The monoisotopic (exact) mass is 451 g/mol. The van der Waals surface area contributed by atoms with Crippen molar-refractivity contribution >= 4 is 35.0 Å². The first kappa shape index (κ1) is 23.3. The fraction of sp³-hybridized carbons (Fsp3) is 0.417. The normalized spacial score (nSPS) is 14.1. The number of aliphatic imine (C=N–C) groups is 1. The van der Waals surface area contributed by atoms with Gasteiger partial charge in [-0.15, -0.1) is 0 Å². The van der Waals surface area contributed by atoms with Crippen LogP contribution >= 0.6 is 23.2 Å². The fourth-order valence-electron chi connectivity index (χ4n) is 1.35. The number of benzene rings is 1. The first-order valence-corrected chi connectivity index (χ1v) is 6.90. The number of ether oxygens (including phenoxy) is 2. The maximum absolute atomic E-state index is 13.5. The lowest BCUT2D eigenvalue weighted by Crippen LogP contribution is -2.52. The van der Waals surface area contributed by atoms with Gasteiger partial charge < -0.3 is 4.74 Å². The summed E-state index contributed by atoms with van der Waals surface area (Å²) in [5.74, 6) is -7.51. The predicted molar refractivity (Wildman–Crippen MR) is 71.7 cm³/mol. The fourth-order valence-corrected chi connectivity index (χ4v) is 1.90. The number of hydrogen-bond acceptors (Lipinski definition) is 4. The lowest BCUT2D eigenvalue weighted by molar-refractivity contribution is -0.430. The highest BCUT2D eigenvalue weighted by Crippen LogP contribution is 2.44. The van der Waals surface area contributed by atoms with Crippen molar-refractivity contribution in [1.29, 1.82) is 0 Å². The summed E-state index contributed by atoms with van der Waals surface area (Å²) in [6, 6.07) is 1.38. The molecule has 1 aromatic carbocycles. The third kappa shape index (κ3) is 5.18. The van der Waals surface area contributed by atoms with Crippen molar-refractivity contribution in [2.75, 3.05) is 0 Å². The van der Waals surface area contributed by atoms with E-state index in [1.807, 2.05) is 0 Å². The number of rotatable bonds is 8. The maximum Gasteiger partial charge on any atom is 0.456 e. The highest BCUT2D eigenvalue weighted by Gasteiger charge is 2.67. The number of carbonyl (C=O) groups excluding carboxylic acids is 1. The van der Waals surface area contributed by atoms with E-state index in [1.165, 1.54) is 0 Å². The molecule has 1 atom stereocenters. The summed E-state index contributed by atoms with van der Waals surface area (Å²) in [4.78, 5) is 13.1. The molecule has 0 aromatic heterocycles. The highest BCUT2D eigenvalue weighted by atomic mass is 35.5. The standard InChI is InChI=1S/C12H4Cl2F9NO3/c13-5-1-4(24-3-25)2-6(14)7(5)26-11(20,21)9(17)27-12(22,23)10(18,19)8(15)16/h1-2,8-9H. The SMILES string of the molecule is O=C=Nc1cc(Cl)c(OC(F)(F)C(F)OC(F)(F)C(F)(F)C(F)F)c(Cl)c1.